The minimum absolute atomic E-state index is 0.262. The first kappa shape index (κ1) is 34.9. The van der Waals surface area contributed by atoms with Gasteiger partial charge < -0.3 is 14.0 Å². The van der Waals surface area contributed by atoms with Gasteiger partial charge in [-0.25, -0.2) is 0 Å². The van der Waals surface area contributed by atoms with Gasteiger partial charge in [-0.05, 0) is 177 Å². The molecule has 1 aliphatic rings. The predicted octanol–water partition coefficient (Wildman–Crippen LogP) is 12.8. The Balaban J connectivity index is 1.36. The smallest absolute Gasteiger partial charge is 0.119 e. The van der Waals surface area contributed by atoms with Gasteiger partial charge in [0.15, 0.2) is 0 Å². The van der Waals surface area contributed by atoms with E-state index in [0.29, 0.717) is 12.2 Å². The van der Waals surface area contributed by atoms with Crippen molar-refractivity contribution in [1.82, 2.24) is 4.57 Å². The molecule has 1 unspecified atom stereocenters. The van der Waals surface area contributed by atoms with Gasteiger partial charge in [0.05, 0.1) is 35.4 Å². The van der Waals surface area contributed by atoms with E-state index in [1.807, 2.05) is 19.1 Å². The highest BCUT2D eigenvalue weighted by Crippen LogP contribution is 2.40. The molecule has 0 spiro atoms. The van der Waals surface area contributed by atoms with E-state index in [2.05, 4.69) is 143 Å². The van der Waals surface area contributed by atoms with Gasteiger partial charge in [-0.1, -0.05) is 44.2 Å². The van der Waals surface area contributed by atoms with Gasteiger partial charge in [0.2, 0.25) is 0 Å². The van der Waals surface area contributed by atoms with Crippen LogP contribution in [0.2, 0.25) is 0 Å². The molecule has 0 radical (unpaired) electrons. The predicted molar refractivity (Wildman–Crippen MR) is 217 cm³/mol. The molecule has 7 rings (SSSR count). The van der Waals surface area contributed by atoms with Crippen LogP contribution < -0.4 is 4.74 Å². The van der Waals surface area contributed by atoms with Crippen LogP contribution in [0.15, 0.2) is 109 Å². The quantitative estimate of drug-likeness (QED) is 0.144. The van der Waals surface area contributed by atoms with Crippen LogP contribution in [0.1, 0.15) is 79.3 Å². The second-order valence-electron chi connectivity index (χ2n) is 14.2. The fourth-order valence-corrected chi connectivity index (χ4v) is 8.11. The Morgan fingerprint density at radius 3 is 1.90 bits per heavy atom. The second kappa shape index (κ2) is 14.6. The summed E-state index contributed by atoms with van der Waals surface area (Å²) < 4.78 is 14.4. The molecule has 0 bridgehead atoms. The minimum Gasteiger partial charge on any atom is -0.494 e. The zero-order valence-corrected chi connectivity index (χ0v) is 31.5. The van der Waals surface area contributed by atoms with E-state index in [4.69, 9.17) is 9.47 Å². The lowest BCUT2D eigenvalue weighted by Crippen LogP contribution is -2.10. The summed E-state index contributed by atoms with van der Waals surface area (Å²) in [6.07, 6.45) is 9.93. The van der Waals surface area contributed by atoms with Crippen molar-refractivity contribution in [2.24, 2.45) is 0 Å². The molecule has 262 valence electrons. The van der Waals surface area contributed by atoms with Crippen molar-refractivity contribution in [2.75, 3.05) is 6.61 Å². The summed E-state index contributed by atoms with van der Waals surface area (Å²) in [5.41, 5.74) is 15.0. The maximum Gasteiger partial charge on any atom is 0.119 e. The molecule has 5 aromatic carbocycles. The van der Waals surface area contributed by atoms with Gasteiger partial charge in [0, 0.05) is 22.4 Å². The molecule has 4 nitrogen and oxygen atoms in total. The van der Waals surface area contributed by atoms with Crippen LogP contribution in [-0.4, -0.2) is 17.3 Å². The van der Waals surface area contributed by atoms with Gasteiger partial charge in [-0.3, -0.25) is 0 Å². The Labute approximate surface area is 308 Å². The number of ether oxygens (including phenoxy) is 2. The summed E-state index contributed by atoms with van der Waals surface area (Å²) in [5, 5.41) is 12.0. The Kier molecular flexibility index (Phi) is 9.80. The van der Waals surface area contributed by atoms with Crippen LogP contribution in [0.4, 0.5) is 0 Å². The molecule has 1 aliphatic carbocycles. The van der Waals surface area contributed by atoms with Gasteiger partial charge >= 0.3 is 0 Å². The Hall–Kier alpha value is -5.53. The van der Waals surface area contributed by atoms with Crippen molar-refractivity contribution in [3.8, 4) is 39.8 Å². The van der Waals surface area contributed by atoms with E-state index >= 15 is 0 Å². The SMILES string of the molecule is CCOc1ccc(-c2ccc3c(c2)c2cc(C4C=CC(OC(CC)CC)=CC4)ccc2n3-c2cc(C)c(-c3c(C)cc(C#N)cc3C)c(C)c2)cc1. The monoisotopic (exact) mass is 684 g/mol. The molecule has 6 aromatic rings. The summed E-state index contributed by atoms with van der Waals surface area (Å²) in [5.74, 6) is 2.16. The lowest BCUT2D eigenvalue weighted by molar-refractivity contribution is 0.116. The molecule has 0 aliphatic heterocycles. The number of benzene rings is 5. The molecular weight excluding hydrogens is 637 g/mol. The number of aromatic nitrogens is 1. The van der Waals surface area contributed by atoms with Crippen LogP contribution in [0.3, 0.4) is 0 Å². The van der Waals surface area contributed by atoms with Crippen molar-refractivity contribution in [3.63, 3.8) is 0 Å². The standard InChI is InChI=1S/C48H48N2O2/c1-8-40(9-2)52-42-19-13-36(14-20-42)38-16-22-46-44(28-38)43-27-37(35-11-17-41(18-12-35)51-10-3)15-21-45(43)50(46)39-25-32(6)48(33(7)26-39)47-30(4)23-34(29-49)24-31(47)5/h11-13,15-28,36,40H,8-10,14H2,1-7H3. The van der Waals surface area contributed by atoms with E-state index in [-0.39, 0.29) is 12.0 Å². The summed E-state index contributed by atoms with van der Waals surface area (Å²) in [6, 6.07) is 33.2. The van der Waals surface area contributed by atoms with Crippen LogP contribution in [0.5, 0.6) is 5.75 Å². The van der Waals surface area contributed by atoms with E-state index in [1.54, 1.807) is 0 Å². The molecule has 1 aromatic heterocycles. The number of nitrogens with zero attached hydrogens (tertiary/aromatic N) is 2. The zero-order valence-electron chi connectivity index (χ0n) is 31.5. The number of hydrogen-bond acceptors (Lipinski definition) is 3. The van der Waals surface area contributed by atoms with E-state index < -0.39 is 0 Å². The molecule has 0 N–H and O–H groups in total. The Bertz CT molecular complexity index is 2350. The van der Waals surface area contributed by atoms with Crippen molar-refractivity contribution in [1.29, 1.82) is 5.26 Å². The fourth-order valence-electron chi connectivity index (χ4n) is 8.11. The second-order valence-corrected chi connectivity index (χ2v) is 14.2. The largest absolute Gasteiger partial charge is 0.494 e. The Morgan fingerprint density at radius 1 is 0.731 bits per heavy atom. The molecule has 0 amide bonds. The van der Waals surface area contributed by atoms with Crippen LogP contribution in [-0.2, 0) is 4.74 Å². The molecule has 0 saturated carbocycles. The third-order valence-corrected chi connectivity index (χ3v) is 10.7. The van der Waals surface area contributed by atoms with Crippen molar-refractivity contribution < 1.29 is 9.47 Å². The first-order valence-electron chi connectivity index (χ1n) is 18.7. The molecule has 0 saturated heterocycles. The first-order valence-corrected chi connectivity index (χ1v) is 18.7. The minimum atomic E-state index is 0.262. The van der Waals surface area contributed by atoms with Crippen LogP contribution >= 0.6 is 0 Å². The summed E-state index contributed by atoms with van der Waals surface area (Å²) in [7, 11) is 0. The van der Waals surface area contributed by atoms with Crippen molar-refractivity contribution >= 4 is 21.8 Å². The maximum absolute atomic E-state index is 9.56. The molecular formula is C48H48N2O2. The van der Waals surface area contributed by atoms with E-state index in [9.17, 15) is 5.26 Å². The highest BCUT2D eigenvalue weighted by molar-refractivity contribution is 6.11. The van der Waals surface area contributed by atoms with Gasteiger partial charge in [0.1, 0.15) is 11.5 Å². The van der Waals surface area contributed by atoms with Crippen molar-refractivity contribution in [3.05, 3.63) is 142 Å². The maximum atomic E-state index is 9.56. The molecule has 1 atom stereocenters. The summed E-state index contributed by atoms with van der Waals surface area (Å²) in [4.78, 5) is 0. The van der Waals surface area contributed by atoms with Gasteiger partial charge in [-0.15, -0.1) is 0 Å². The van der Waals surface area contributed by atoms with Crippen LogP contribution in [0.25, 0.3) is 49.7 Å². The molecule has 4 heteroatoms. The fraction of sp³-hybridized carbons (Fsp3) is 0.271. The molecule has 0 fully saturated rings. The normalized spacial score (nSPS) is 14.2. The summed E-state index contributed by atoms with van der Waals surface area (Å²) in [6.45, 7) is 15.7. The highest BCUT2D eigenvalue weighted by Gasteiger charge is 2.20. The Morgan fingerprint density at radius 2 is 1.33 bits per heavy atom. The number of nitriles is 1. The third-order valence-electron chi connectivity index (χ3n) is 10.7. The molecule has 52 heavy (non-hydrogen) atoms. The van der Waals surface area contributed by atoms with Crippen LogP contribution in [0, 0.1) is 39.0 Å². The van der Waals surface area contributed by atoms with E-state index in [1.165, 1.54) is 55.2 Å². The number of rotatable bonds is 10. The van der Waals surface area contributed by atoms with Gasteiger partial charge in [-0.2, -0.15) is 5.26 Å². The number of allylic oxidation sites excluding steroid dienone is 3. The topological polar surface area (TPSA) is 47.2 Å². The molecule has 1 heterocycles. The number of aryl methyl sites for hydroxylation is 4. The average molecular weight is 685 g/mol. The third kappa shape index (κ3) is 6.53. The van der Waals surface area contributed by atoms with Gasteiger partial charge in [0.25, 0.3) is 0 Å². The number of hydrogen-bond donors (Lipinski definition) is 0. The first-order chi connectivity index (χ1) is 25.2. The lowest BCUT2D eigenvalue weighted by Gasteiger charge is -2.21. The average Bonchev–Trinajstić information content (AvgIpc) is 3.48. The van der Waals surface area contributed by atoms with Crippen molar-refractivity contribution in [2.45, 2.75) is 79.8 Å². The van der Waals surface area contributed by atoms with E-state index in [0.717, 1.165) is 53.1 Å². The number of fused-ring (bicyclic) bond motifs is 3. The summed E-state index contributed by atoms with van der Waals surface area (Å²) >= 11 is 0. The lowest BCUT2D eigenvalue weighted by atomic mass is 9.88. The highest BCUT2D eigenvalue weighted by atomic mass is 16.5. The zero-order chi connectivity index (χ0) is 36.5.